The van der Waals surface area contributed by atoms with Crippen molar-refractivity contribution in [3.8, 4) is 0 Å². The summed E-state index contributed by atoms with van der Waals surface area (Å²) in [6.45, 7) is 2.95. The van der Waals surface area contributed by atoms with Crippen molar-refractivity contribution in [1.29, 1.82) is 0 Å². The van der Waals surface area contributed by atoms with Gasteiger partial charge in [-0.15, -0.1) is 0 Å². The Labute approximate surface area is 109 Å². The Bertz CT molecular complexity index is 398. The molecule has 0 aliphatic heterocycles. The van der Waals surface area contributed by atoms with E-state index in [2.05, 4.69) is 21.2 Å². The molecule has 0 heterocycles. The lowest BCUT2D eigenvalue weighted by Gasteiger charge is -2.11. The average molecular weight is 303 g/mol. The summed E-state index contributed by atoms with van der Waals surface area (Å²) in [5.41, 5.74) is 0.841. The Morgan fingerprint density at radius 2 is 2.12 bits per heavy atom. The third-order valence-corrected chi connectivity index (χ3v) is 3.21. The number of hydrogen-bond acceptors (Lipinski definition) is 2. The third kappa shape index (κ3) is 4.09. The molecule has 5 heteroatoms. The minimum atomic E-state index is -0.378. The second kappa shape index (κ2) is 6.12. The number of amides is 1. The fraction of sp³-hybridized carbons (Fsp3) is 0.417. The summed E-state index contributed by atoms with van der Waals surface area (Å²) in [6, 6.07) is 2.88. The first kappa shape index (κ1) is 14.1. The van der Waals surface area contributed by atoms with Crippen LogP contribution in [0.4, 0.5) is 4.39 Å². The number of nitrogens with zero attached hydrogens (tertiary/aromatic N) is 1. The van der Waals surface area contributed by atoms with Crippen molar-refractivity contribution in [3.05, 3.63) is 33.5 Å². The number of carbonyl (C=O) groups is 1. The van der Waals surface area contributed by atoms with Crippen molar-refractivity contribution in [2.24, 2.45) is 0 Å². The predicted octanol–water partition coefficient (Wildman–Crippen LogP) is 2.19. The molecule has 1 aromatic rings. The molecule has 1 rings (SSSR count). The van der Waals surface area contributed by atoms with Crippen molar-refractivity contribution in [2.75, 3.05) is 27.2 Å². The van der Waals surface area contributed by atoms with Gasteiger partial charge in [0, 0.05) is 23.1 Å². The van der Waals surface area contributed by atoms with Gasteiger partial charge in [0.05, 0.1) is 0 Å². The highest BCUT2D eigenvalue weighted by Gasteiger charge is 2.10. The number of hydrogen-bond donors (Lipinski definition) is 1. The lowest BCUT2D eigenvalue weighted by molar-refractivity contribution is 0.0950. The Morgan fingerprint density at radius 1 is 1.47 bits per heavy atom. The van der Waals surface area contributed by atoms with Crippen LogP contribution in [-0.4, -0.2) is 38.0 Å². The molecular formula is C12H16BrFN2O. The number of benzene rings is 1. The lowest BCUT2D eigenvalue weighted by Crippen LogP contribution is -2.31. The van der Waals surface area contributed by atoms with Crippen LogP contribution in [0.1, 0.15) is 15.9 Å². The molecule has 0 aliphatic carbocycles. The van der Waals surface area contributed by atoms with Gasteiger partial charge in [0.1, 0.15) is 5.82 Å². The van der Waals surface area contributed by atoms with Gasteiger partial charge in [0.25, 0.3) is 5.91 Å². The van der Waals surface area contributed by atoms with Gasteiger partial charge in [-0.1, -0.05) is 15.9 Å². The van der Waals surface area contributed by atoms with Crippen LogP contribution in [-0.2, 0) is 0 Å². The third-order valence-electron chi connectivity index (χ3n) is 2.39. The van der Waals surface area contributed by atoms with Crippen LogP contribution in [0.3, 0.4) is 0 Å². The van der Waals surface area contributed by atoms with Gasteiger partial charge < -0.3 is 10.2 Å². The molecule has 17 heavy (non-hydrogen) atoms. The summed E-state index contributed by atoms with van der Waals surface area (Å²) >= 11 is 3.23. The normalized spacial score (nSPS) is 10.7. The van der Waals surface area contributed by atoms with E-state index in [9.17, 15) is 9.18 Å². The Hall–Kier alpha value is -0.940. The molecule has 1 aromatic carbocycles. The van der Waals surface area contributed by atoms with Crippen molar-refractivity contribution in [3.63, 3.8) is 0 Å². The number of carbonyl (C=O) groups excluding carboxylic acids is 1. The van der Waals surface area contributed by atoms with Crippen LogP contribution < -0.4 is 5.32 Å². The SMILES string of the molecule is Cc1c(F)cc(C(=O)NCCN(C)C)cc1Br. The fourth-order valence-electron chi connectivity index (χ4n) is 1.27. The number of halogens is 2. The standard InChI is InChI=1S/C12H16BrFN2O/c1-8-10(13)6-9(7-11(8)14)12(17)15-4-5-16(2)3/h6-7H,4-5H2,1-3H3,(H,15,17). The van der Waals surface area contributed by atoms with E-state index in [1.54, 1.807) is 13.0 Å². The maximum absolute atomic E-state index is 13.4. The Balaban J connectivity index is 2.70. The van der Waals surface area contributed by atoms with E-state index in [4.69, 9.17) is 0 Å². The van der Waals surface area contributed by atoms with Crippen LogP contribution >= 0.6 is 15.9 Å². The monoisotopic (exact) mass is 302 g/mol. The molecule has 1 amide bonds. The second-order valence-electron chi connectivity index (χ2n) is 4.12. The summed E-state index contributed by atoms with van der Waals surface area (Å²) in [6.07, 6.45) is 0. The van der Waals surface area contributed by atoms with E-state index >= 15 is 0 Å². The lowest BCUT2D eigenvalue weighted by atomic mass is 10.1. The molecular weight excluding hydrogens is 287 g/mol. The Kier molecular flexibility index (Phi) is 5.08. The van der Waals surface area contributed by atoms with E-state index < -0.39 is 0 Å². The highest BCUT2D eigenvalue weighted by molar-refractivity contribution is 9.10. The molecule has 0 fully saturated rings. The van der Waals surface area contributed by atoms with E-state index in [0.29, 0.717) is 22.1 Å². The minimum Gasteiger partial charge on any atom is -0.351 e. The first-order chi connectivity index (χ1) is 7.91. The van der Waals surface area contributed by atoms with E-state index in [-0.39, 0.29) is 11.7 Å². The van der Waals surface area contributed by atoms with E-state index in [1.165, 1.54) is 6.07 Å². The van der Waals surface area contributed by atoms with E-state index in [0.717, 1.165) is 6.54 Å². The fourth-order valence-corrected chi connectivity index (χ4v) is 1.71. The molecule has 0 radical (unpaired) electrons. The summed E-state index contributed by atoms with van der Waals surface area (Å²) in [5.74, 6) is -0.636. The van der Waals surface area contributed by atoms with Crippen molar-refractivity contribution in [1.82, 2.24) is 10.2 Å². The first-order valence-electron chi connectivity index (χ1n) is 5.30. The number of rotatable bonds is 4. The summed E-state index contributed by atoms with van der Waals surface area (Å²) in [5, 5.41) is 2.74. The predicted molar refractivity (Wildman–Crippen MR) is 69.7 cm³/mol. The highest BCUT2D eigenvalue weighted by Crippen LogP contribution is 2.20. The summed E-state index contributed by atoms with van der Waals surface area (Å²) in [4.78, 5) is 13.7. The molecule has 0 aliphatic rings. The van der Waals surface area contributed by atoms with Crippen molar-refractivity contribution in [2.45, 2.75) is 6.92 Å². The van der Waals surface area contributed by atoms with Crippen LogP contribution in [0.25, 0.3) is 0 Å². The molecule has 0 unspecified atom stereocenters. The molecule has 3 nitrogen and oxygen atoms in total. The summed E-state index contributed by atoms with van der Waals surface area (Å²) in [7, 11) is 3.85. The second-order valence-corrected chi connectivity index (χ2v) is 4.98. The van der Waals surface area contributed by atoms with Gasteiger partial charge in [-0.05, 0) is 38.7 Å². The molecule has 0 saturated heterocycles. The van der Waals surface area contributed by atoms with E-state index in [1.807, 2.05) is 19.0 Å². The zero-order valence-electron chi connectivity index (χ0n) is 10.2. The van der Waals surface area contributed by atoms with Crippen molar-refractivity contribution >= 4 is 21.8 Å². The number of likely N-dealkylation sites (N-methyl/N-ethyl adjacent to an activating group) is 1. The molecule has 1 N–H and O–H groups in total. The van der Waals surface area contributed by atoms with Gasteiger partial charge in [-0.3, -0.25) is 4.79 Å². The van der Waals surface area contributed by atoms with Crippen LogP contribution in [0.2, 0.25) is 0 Å². The molecule has 0 saturated carbocycles. The molecule has 0 bridgehead atoms. The molecule has 0 aromatic heterocycles. The van der Waals surface area contributed by atoms with Crippen molar-refractivity contribution < 1.29 is 9.18 Å². The quantitative estimate of drug-likeness (QED) is 0.925. The molecule has 0 spiro atoms. The van der Waals surface area contributed by atoms with Gasteiger partial charge in [0.15, 0.2) is 0 Å². The summed E-state index contributed by atoms with van der Waals surface area (Å²) < 4.78 is 14.0. The highest BCUT2D eigenvalue weighted by atomic mass is 79.9. The van der Waals surface area contributed by atoms with Crippen LogP contribution in [0.15, 0.2) is 16.6 Å². The van der Waals surface area contributed by atoms with Gasteiger partial charge in [0.2, 0.25) is 0 Å². The first-order valence-corrected chi connectivity index (χ1v) is 6.09. The zero-order chi connectivity index (χ0) is 13.0. The van der Waals surface area contributed by atoms with Gasteiger partial charge in [-0.2, -0.15) is 0 Å². The maximum atomic E-state index is 13.4. The van der Waals surface area contributed by atoms with Crippen LogP contribution in [0, 0.1) is 12.7 Å². The molecule has 94 valence electrons. The van der Waals surface area contributed by atoms with Gasteiger partial charge in [-0.25, -0.2) is 4.39 Å². The zero-order valence-corrected chi connectivity index (χ0v) is 11.8. The van der Waals surface area contributed by atoms with Gasteiger partial charge >= 0.3 is 0 Å². The smallest absolute Gasteiger partial charge is 0.251 e. The Morgan fingerprint density at radius 3 is 2.65 bits per heavy atom. The van der Waals surface area contributed by atoms with Crippen LogP contribution in [0.5, 0.6) is 0 Å². The number of nitrogens with one attached hydrogen (secondary N) is 1. The minimum absolute atomic E-state index is 0.258. The maximum Gasteiger partial charge on any atom is 0.251 e. The molecule has 0 atom stereocenters. The topological polar surface area (TPSA) is 32.3 Å². The largest absolute Gasteiger partial charge is 0.351 e. The average Bonchev–Trinajstić information content (AvgIpc) is 2.24.